The Morgan fingerprint density at radius 3 is 2.29 bits per heavy atom. The number of nitrogens with one attached hydrogen (secondary N) is 5. The molecule has 1 saturated heterocycles. The Kier molecular flexibility index (Phi) is 21.1. The van der Waals surface area contributed by atoms with Crippen LogP contribution in [0.4, 0.5) is 0 Å². The number of hydrogen-bond acceptors (Lipinski definition) is 14. The second kappa shape index (κ2) is 24.6. The van der Waals surface area contributed by atoms with E-state index in [1.165, 1.54) is 31.5 Å². The molecule has 1 unspecified atom stereocenters. The van der Waals surface area contributed by atoms with Gasteiger partial charge in [-0.2, -0.15) is 0 Å². The summed E-state index contributed by atoms with van der Waals surface area (Å²) in [4.78, 5) is 97.6. The largest absolute Gasteiger partial charge is 0.472 e. The van der Waals surface area contributed by atoms with Gasteiger partial charge in [-0.25, -0.2) is 9.55 Å². The minimum atomic E-state index is -4.71. The van der Waals surface area contributed by atoms with Crippen LogP contribution in [0.25, 0.3) is 0 Å². The van der Waals surface area contributed by atoms with E-state index in [9.17, 15) is 43.3 Å². The average molecular weight is 820 g/mol. The number of aromatic nitrogens is 2. The van der Waals surface area contributed by atoms with E-state index in [2.05, 4.69) is 31.2 Å². The number of aliphatic hydroxyl groups is 1. The smallest absolute Gasteiger partial charge is 0.394 e. The molecule has 6 amide bonds. The van der Waals surface area contributed by atoms with Gasteiger partial charge in [0.1, 0.15) is 30.2 Å². The third kappa shape index (κ3) is 16.6. The number of ether oxygens (including phenoxy) is 2. The van der Waals surface area contributed by atoms with Gasteiger partial charge in [-0.05, 0) is 45.1 Å². The summed E-state index contributed by atoms with van der Waals surface area (Å²) in [5.41, 5.74) is 11.2. The number of phosphoric acid groups is 1. The van der Waals surface area contributed by atoms with Crippen molar-refractivity contribution in [2.75, 3.05) is 53.2 Å². The summed E-state index contributed by atoms with van der Waals surface area (Å²) < 4.78 is 32.4. The Morgan fingerprint density at radius 1 is 1.00 bits per heavy atom. The van der Waals surface area contributed by atoms with Gasteiger partial charge in [0.05, 0.1) is 51.9 Å². The van der Waals surface area contributed by atoms with E-state index in [4.69, 9.17) is 30.0 Å². The maximum absolute atomic E-state index is 13.8. The molecule has 56 heavy (non-hydrogen) atoms. The molecule has 1 aliphatic rings. The topological polar surface area (TPSA) is 329 Å². The molecule has 0 saturated carbocycles. The number of aliphatic hydroxyl groups excluding tert-OH is 1. The van der Waals surface area contributed by atoms with Crippen molar-refractivity contribution in [3.05, 3.63) is 18.2 Å². The predicted molar refractivity (Wildman–Crippen MR) is 198 cm³/mol. The van der Waals surface area contributed by atoms with Crippen molar-refractivity contribution in [3.8, 4) is 0 Å². The molecule has 1 aliphatic heterocycles. The molecule has 0 bridgehead atoms. The summed E-state index contributed by atoms with van der Waals surface area (Å²) in [6, 6.07) is -6.76. The normalized spacial score (nSPS) is 17.9. The number of carbonyl (C=O) groups is 6. The highest BCUT2D eigenvalue weighted by atomic mass is 31.2. The van der Waals surface area contributed by atoms with Crippen LogP contribution in [0, 0.1) is 5.92 Å². The highest BCUT2D eigenvalue weighted by Gasteiger charge is 2.38. The van der Waals surface area contributed by atoms with E-state index in [-0.39, 0.29) is 57.3 Å². The van der Waals surface area contributed by atoms with E-state index in [1.807, 2.05) is 13.8 Å². The Bertz CT molecular complexity index is 1470. The second-order valence-electron chi connectivity index (χ2n) is 13.5. The summed E-state index contributed by atoms with van der Waals surface area (Å²) in [5.74, 6) is -4.87. The van der Waals surface area contributed by atoms with E-state index in [1.54, 1.807) is 0 Å². The molecule has 2 heterocycles. The average Bonchev–Trinajstić information content (AvgIpc) is 3.84. The van der Waals surface area contributed by atoms with Gasteiger partial charge in [-0.1, -0.05) is 13.8 Å². The lowest BCUT2D eigenvalue weighted by atomic mass is 10.0. The first-order valence-electron chi connectivity index (χ1n) is 18.3. The highest BCUT2D eigenvalue weighted by molar-refractivity contribution is 7.47. The van der Waals surface area contributed by atoms with Crippen molar-refractivity contribution in [2.45, 2.75) is 95.6 Å². The summed E-state index contributed by atoms with van der Waals surface area (Å²) in [5, 5.41) is 20.0. The first-order chi connectivity index (χ1) is 26.5. The number of H-pyrrole nitrogens is 1. The zero-order chi connectivity index (χ0) is 41.8. The Hall–Kier alpha value is -4.02. The van der Waals surface area contributed by atoms with Crippen LogP contribution < -0.4 is 32.7 Å². The summed E-state index contributed by atoms with van der Waals surface area (Å²) in [7, 11) is -3.17. The first kappa shape index (κ1) is 48.1. The molecule has 2 rings (SSSR count). The van der Waals surface area contributed by atoms with Crippen LogP contribution in [0.1, 0.15) is 58.6 Å². The molecule has 0 aliphatic carbocycles. The number of methoxy groups -OCH3 is 1. The fraction of sp³-hybridized carbons (Fsp3) is 0.727. The number of imidazole rings is 1. The molecule has 7 atom stereocenters. The maximum Gasteiger partial charge on any atom is 0.472 e. The number of amides is 6. The van der Waals surface area contributed by atoms with Crippen LogP contribution in [0.5, 0.6) is 0 Å². The van der Waals surface area contributed by atoms with Crippen LogP contribution in [0.3, 0.4) is 0 Å². The van der Waals surface area contributed by atoms with Gasteiger partial charge < -0.3 is 62.1 Å². The number of primary amides is 1. The molecule has 1 aromatic heterocycles. The van der Waals surface area contributed by atoms with Crippen molar-refractivity contribution in [1.29, 1.82) is 0 Å². The lowest BCUT2D eigenvalue weighted by molar-refractivity contribution is -0.140. The summed E-state index contributed by atoms with van der Waals surface area (Å²) >= 11 is 0. The van der Waals surface area contributed by atoms with Gasteiger partial charge >= 0.3 is 7.82 Å². The Morgan fingerprint density at radius 2 is 1.68 bits per heavy atom. The van der Waals surface area contributed by atoms with E-state index >= 15 is 0 Å². The zero-order valence-electron chi connectivity index (χ0n) is 32.3. The van der Waals surface area contributed by atoms with Gasteiger partial charge in [0, 0.05) is 32.0 Å². The fourth-order valence-corrected chi connectivity index (χ4v) is 6.62. The van der Waals surface area contributed by atoms with Crippen molar-refractivity contribution in [2.24, 2.45) is 17.4 Å². The van der Waals surface area contributed by atoms with Crippen LogP contribution in [0.2, 0.25) is 0 Å². The zero-order valence-corrected chi connectivity index (χ0v) is 33.2. The van der Waals surface area contributed by atoms with Crippen LogP contribution in [-0.2, 0) is 58.3 Å². The van der Waals surface area contributed by atoms with Gasteiger partial charge in [-0.15, -0.1) is 0 Å². The van der Waals surface area contributed by atoms with Crippen molar-refractivity contribution < 1.29 is 61.9 Å². The molecule has 0 radical (unpaired) electrons. The van der Waals surface area contributed by atoms with Crippen molar-refractivity contribution in [3.63, 3.8) is 0 Å². The standard InChI is InChI=1S/C33H58N9O13P/c1-20(2)15-23(39-33(49)26-7-5-10-42(26)27(44)8-12-53-14-13-52-4)30(46)38-24(16-22-17-36-19-37-22)31(47)40-25(18-43)32(48)41-28(29(35)45)21(3)55-56(50,51)54-11-6-9-34/h17,19-21,23-26,28,43H,5-16,18,34H2,1-4H3,(H2,35,45)(H,36,37)(H,38,46)(H,39,49)(H,40,47)(H,41,48)(H,50,51)/t21-,23+,24+,25+,26+,28+/m1/s1. The molecule has 22 nitrogen and oxygen atoms in total. The molecule has 1 fully saturated rings. The van der Waals surface area contributed by atoms with Gasteiger partial charge in [-0.3, -0.25) is 37.8 Å². The first-order valence-corrected chi connectivity index (χ1v) is 19.8. The molecule has 0 aromatic carbocycles. The Labute approximate surface area is 325 Å². The number of carbonyl (C=O) groups excluding carboxylic acids is 6. The van der Waals surface area contributed by atoms with Gasteiger partial charge in [0.2, 0.25) is 35.4 Å². The lowest BCUT2D eigenvalue weighted by Crippen LogP contribution is -2.61. The predicted octanol–water partition coefficient (Wildman–Crippen LogP) is -2.67. The summed E-state index contributed by atoms with van der Waals surface area (Å²) in [6.45, 7) is 5.01. The fourth-order valence-electron chi connectivity index (χ4n) is 5.66. The Balaban J connectivity index is 2.19. The van der Waals surface area contributed by atoms with E-state index in [0.717, 1.165) is 0 Å². The number of likely N-dealkylation sites (tertiary alicyclic amines) is 1. The highest BCUT2D eigenvalue weighted by Crippen LogP contribution is 2.45. The SMILES string of the molecule is COCCOCCC(=O)N1CCC[C@H]1C(=O)N[C@@H](CC(C)C)C(=O)N[C@@H](Cc1cnc[nH]1)C(=O)N[C@@H](CO)C(=O)N[C@H](C(N)=O)[C@@H](C)OP(=O)(O)OCCCN. The lowest BCUT2D eigenvalue weighted by Gasteiger charge is -2.29. The van der Waals surface area contributed by atoms with Crippen LogP contribution in [0.15, 0.2) is 12.5 Å². The quantitative estimate of drug-likeness (QED) is 0.0323. The van der Waals surface area contributed by atoms with Crippen molar-refractivity contribution >= 4 is 43.3 Å². The number of aromatic amines is 1. The second-order valence-corrected chi connectivity index (χ2v) is 14.9. The number of phosphoric ester groups is 1. The molecular weight excluding hydrogens is 761 g/mol. The van der Waals surface area contributed by atoms with Gasteiger partial charge in [0.15, 0.2) is 0 Å². The third-order valence-electron chi connectivity index (χ3n) is 8.51. The number of nitrogens with two attached hydrogens (primary N) is 2. The van der Waals surface area contributed by atoms with E-state index < -0.39 is 80.3 Å². The monoisotopic (exact) mass is 819 g/mol. The molecule has 0 spiro atoms. The van der Waals surface area contributed by atoms with Crippen LogP contribution >= 0.6 is 7.82 Å². The molecule has 318 valence electrons. The summed E-state index contributed by atoms with van der Waals surface area (Å²) in [6.07, 6.45) is 2.52. The minimum Gasteiger partial charge on any atom is -0.394 e. The maximum atomic E-state index is 13.8. The third-order valence-corrected chi connectivity index (χ3v) is 9.62. The molecule has 23 heteroatoms. The van der Waals surface area contributed by atoms with Crippen LogP contribution in [-0.4, -0.2) is 150 Å². The van der Waals surface area contributed by atoms with Crippen molar-refractivity contribution in [1.82, 2.24) is 36.1 Å². The number of nitrogens with zero attached hydrogens (tertiary/aromatic N) is 2. The van der Waals surface area contributed by atoms with Gasteiger partial charge in [0.25, 0.3) is 0 Å². The minimum absolute atomic E-state index is 0.0615. The van der Waals surface area contributed by atoms with E-state index in [0.29, 0.717) is 38.3 Å². The molecule has 11 N–H and O–H groups in total. The molecule has 1 aromatic rings. The number of hydrogen-bond donors (Lipinski definition) is 9. The molecular formula is C33H58N9O13P. The number of rotatable bonds is 27.